The van der Waals surface area contributed by atoms with Gasteiger partial charge in [0.15, 0.2) is 0 Å². The number of rotatable bonds is 3. The van der Waals surface area contributed by atoms with Crippen LogP contribution in [0.3, 0.4) is 0 Å². The summed E-state index contributed by atoms with van der Waals surface area (Å²) in [5.74, 6) is 0. The summed E-state index contributed by atoms with van der Waals surface area (Å²) in [4.78, 5) is 3.95. The molecule has 0 amide bonds. The molecule has 10 heavy (non-hydrogen) atoms. The zero-order chi connectivity index (χ0) is 7.23. The lowest BCUT2D eigenvalue weighted by atomic mass is 10.5. The lowest BCUT2D eigenvalue weighted by molar-refractivity contribution is 1.26. The largest absolute Gasteiger partial charge is 0.357 e. The third-order valence-electron chi connectivity index (χ3n) is 0.968. The van der Waals surface area contributed by atoms with Crippen LogP contribution in [0, 0.1) is 0 Å². The Labute approximate surface area is 64.0 Å². The second kappa shape index (κ2) is 4.00. The molecule has 4 heteroatoms. The maximum Gasteiger partial charge on any atom is 0.202 e. The summed E-state index contributed by atoms with van der Waals surface area (Å²) in [6, 6.07) is 0. The molecule has 0 aliphatic heterocycles. The van der Waals surface area contributed by atoms with E-state index in [4.69, 9.17) is 0 Å². The molecule has 0 unspecified atom stereocenters. The van der Waals surface area contributed by atoms with E-state index in [1.54, 1.807) is 6.33 Å². The number of hydrogen-bond acceptors (Lipinski definition) is 4. The number of allylic oxidation sites excluding steroid dienone is 1. The molecule has 0 aliphatic rings. The molecule has 54 valence electrons. The van der Waals surface area contributed by atoms with Crippen molar-refractivity contribution in [3.8, 4) is 0 Å². The van der Waals surface area contributed by atoms with Crippen molar-refractivity contribution in [1.29, 1.82) is 0 Å². The van der Waals surface area contributed by atoms with Gasteiger partial charge in [0.2, 0.25) is 5.13 Å². The van der Waals surface area contributed by atoms with Crippen LogP contribution in [-0.2, 0) is 0 Å². The fourth-order valence-electron chi connectivity index (χ4n) is 0.515. The third kappa shape index (κ3) is 2.14. The number of nitrogens with zero attached hydrogens (tertiary/aromatic N) is 2. The minimum Gasteiger partial charge on any atom is -0.357 e. The molecule has 0 atom stereocenters. The van der Waals surface area contributed by atoms with Crippen LogP contribution >= 0.6 is 11.5 Å². The molecular weight excluding hydrogens is 146 g/mol. The maximum atomic E-state index is 3.95. The van der Waals surface area contributed by atoms with Crippen molar-refractivity contribution in [3.05, 3.63) is 18.5 Å². The standard InChI is InChI=1S/C6H9N3S/c1-2-3-4-7-6-8-5-9-10-6/h2-3,5H,4H2,1H3,(H,7,8,9)/b3-2+. The Morgan fingerprint density at radius 3 is 3.30 bits per heavy atom. The molecule has 0 saturated carbocycles. The molecule has 0 bridgehead atoms. The van der Waals surface area contributed by atoms with Gasteiger partial charge in [-0.15, -0.1) is 0 Å². The van der Waals surface area contributed by atoms with E-state index in [0.29, 0.717) is 0 Å². The molecule has 1 heterocycles. The predicted octanol–water partition coefficient (Wildman–Crippen LogP) is 1.53. The monoisotopic (exact) mass is 155 g/mol. The number of nitrogens with one attached hydrogen (secondary N) is 1. The van der Waals surface area contributed by atoms with Gasteiger partial charge in [0.1, 0.15) is 6.33 Å². The molecule has 1 N–H and O–H groups in total. The molecule has 0 aliphatic carbocycles. The van der Waals surface area contributed by atoms with Crippen molar-refractivity contribution in [2.45, 2.75) is 6.92 Å². The third-order valence-corrected chi connectivity index (χ3v) is 1.59. The van der Waals surface area contributed by atoms with Gasteiger partial charge in [0.05, 0.1) is 0 Å². The van der Waals surface area contributed by atoms with Crippen LogP contribution in [0.4, 0.5) is 5.13 Å². The van der Waals surface area contributed by atoms with Crippen molar-refractivity contribution in [3.63, 3.8) is 0 Å². The average molecular weight is 155 g/mol. The van der Waals surface area contributed by atoms with Crippen LogP contribution in [-0.4, -0.2) is 15.9 Å². The van der Waals surface area contributed by atoms with Gasteiger partial charge in [0, 0.05) is 18.1 Å². The first kappa shape index (κ1) is 7.21. The highest BCUT2D eigenvalue weighted by Crippen LogP contribution is 2.04. The van der Waals surface area contributed by atoms with Gasteiger partial charge in [-0.1, -0.05) is 12.2 Å². The van der Waals surface area contributed by atoms with Crippen LogP contribution < -0.4 is 5.32 Å². The van der Waals surface area contributed by atoms with Crippen LogP contribution in [0.2, 0.25) is 0 Å². The number of aromatic nitrogens is 2. The smallest absolute Gasteiger partial charge is 0.202 e. The zero-order valence-corrected chi connectivity index (χ0v) is 6.56. The summed E-state index contributed by atoms with van der Waals surface area (Å²) in [5, 5.41) is 3.96. The normalized spacial score (nSPS) is 10.5. The molecule has 0 aromatic carbocycles. The van der Waals surface area contributed by atoms with E-state index in [9.17, 15) is 0 Å². The summed E-state index contributed by atoms with van der Waals surface area (Å²) in [5.41, 5.74) is 0. The van der Waals surface area contributed by atoms with Gasteiger partial charge in [-0.3, -0.25) is 0 Å². The molecule has 3 nitrogen and oxygen atoms in total. The first-order valence-corrected chi connectivity index (χ1v) is 3.82. The van der Waals surface area contributed by atoms with Gasteiger partial charge >= 0.3 is 0 Å². The first-order valence-electron chi connectivity index (χ1n) is 3.05. The molecular formula is C6H9N3S. The van der Waals surface area contributed by atoms with Crippen molar-refractivity contribution in [2.75, 3.05) is 11.9 Å². The maximum absolute atomic E-state index is 3.95. The highest BCUT2D eigenvalue weighted by atomic mass is 32.1. The second-order valence-electron chi connectivity index (χ2n) is 1.70. The van der Waals surface area contributed by atoms with E-state index in [2.05, 4.69) is 14.7 Å². The fourth-order valence-corrected chi connectivity index (χ4v) is 0.951. The fraction of sp³-hybridized carbons (Fsp3) is 0.333. The van der Waals surface area contributed by atoms with Crippen LogP contribution in [0.25, 0.3) is 0 Å². The Bertz CT molecular complexity index is 193. The van der Waals surface area contributed by atoms with Gasteiger partial charge in [-0.25, -0.2) is 4.98 Å². The van der Waals surface area contributed by atoms with Crippen LogP contribution in [0.1, 0.15) is 6.92 Å². The zero-order valence-electron chi connectivity index (χ0n) is 5.74. The highest BCUT2D eigenvalue weighted by molar-refractivity contribution is 7.09. The number of anilines is 1. The Balaban J connectivity index is 2.28. The van der Waals surface area contributed by atoms with E-state index < -0.39 is 0 Å². The Morgan fingerprint density at radius 2 is 2.70 bits per heavy atom. The molecule has 0 radical (unpaired) electrons. The molecule has 0 spiro atoms. The predicted molar refractivity (Wildman–Crippen MR) is 43.2 cm³/mol. The van der Waals surface area contributed by atoms with Gasteiger partial charge in [-0.2, -0.15) is 4.37 Å². The van der Waals surface area contributed by atoms with Crippen molar-refractivity contribution in [2.24, 2.45) is 0 Å². The minimum absolute atomic E-state index is 0.825. The summed E-state index contributed by atoms with van der Waals surface area (Å²) in [6.07, 6.45) is 5.57. The van der Waals surface area contributed by atoms with Gasteiger partial charge in [0.25, 0.3) is 0 Å². The van der Waals surface area contributed by atoms with Crippen molar-refractivity contribution in [1.82, 2.24) is 9.36 Å². The molecule has 0 fully saturated rings. The molecule has 1 rings (SSSR count). The molecule has 1 aromatic rings. The van der Waals surface area contributed by atoms with Crippen molar-refractivity contribution < 1.29 is 0 Å². The Kier molecular flexibility index (Phi) is 2.89. The van der Waals surface area contributed by atoms with Crippen molar-refractivity contribution >= 4 is 16.7 Å². The summed E-state index contributed by atoms with van der Waals surface area (Å²) in [6.45, 7) is 2.81. The van der Waals surface area contributed by atoms with Crippen LogP contribution in [0.15, 0.2) is 18.5 Å². The Morgan fingerprint density at radius 1 is 1.80 bits per heavy atom. The molecule has 0 saturated heterocycles. The summed E-state index contributed by atoms with van der Waals surface area (Å²) >= 11 is 1.37. The Hall–Kier alpha value is -0.900. The minimum atomic E-state index is 0.825. The highest BCUT2D eigenvalue weighted by Gasteiger charge is 1.89. The summed E-state index contributed by atoms with van der Waals surface area (Å²) in [7, 11) is 0. The van der Waals surface area contributed by atoms with E-state index >= 15 is 0 Å². The van der Waals surface area contributed by atoms with E-state index in [1.165, 1.54) is 11.5 Å². The topological polar surface area (TPSA) is 37.8 Å². The van der Waals surface area contributed by atoms with Gasteiger partial charge in [-0.05, 0) is 6.92 Å². The van der Waals surface area contributed by atoms with Gasteiger partial charge < -0.3 is 5.32 Å². The van der Waals surface area contributed by atoms with E-state index in [0.717, 1.165) is 11.7 Å². The van der Waals surface area contributed by atoms with E-state index in [-0.39, 0.29) is 0 Å². The number of hydrogen-bond donors (Lipinski definition) is 1. The second-order valence-corrected chi connectivity index (χ2v) is 2.48. The van der Waals surface area contributed by atoms with Crippen LogP contribution in [0.5, 0.6) is 0 Å². The SMILES string of the molecule is C/C=C/CNc1ncns1. The summed E-state index contributed by atoms with van der Waals surface area (Å²) < 4.78 is 3.84. The first-order chi connectivity index (χ1) is 4.93. The lowest BCUT2D eigenvalue weighted by Gasteiger charge is -1.92. The molecule has 1 aromatic heterocycles. The quantitative estimate of drug-likeness (QED) is 0.672. The lowest BCUT2D eigenvalue weighted by Crippen LogP contribution is -1.96. The average Bonchev–Trinajstić information content (AvgIpc) is 2.41. The van der Waals surface area contributed by atoms with E-state index in [1.807, 2.05) is 19.1 Å².